The Morgan fingerprint density at radius 1 is 1.21 bits per heavy atom. The van der Waals surface area contributed by atoms with E-state index < -0.39 is 32.4 Å². The van der Waals surface area contributed by atoms with Crippen molar-refractivity contribution in [1.82, 2.24) is 0 Å². The molecule has 0 spiro atoms. The highest BCUT2D eigenvalue weighted by Crippen LogP contribution is 2.66. The third kappa shape index (κ3) is 4.22. The standard InChI is InChI=1S/C29H30F3NO4S/c1-4-19-17-27(2)25(24-11-7-20-15-21(33-3)8-12-23(20)26(19)24)13-14-28(27,34)16-18-5-9-22(10-6-18)37-38(35,36)29(30,31)32/h4-6,8-10,12,15,19,24-26,34H,1,7,11,13-14,16-17H2,2H3/t19-,24?,25?,26?,27-,28+/m0/s1. The molecule has 3 aliphatic carbocycles. The Bertz CT molecular complexity index is 1400. The van der Waals surface area contributed by atoms with Crippen LogP contribution in [0.5, 0.6) is 5.75 Å². The molecule has 5 nitrogen and oxygen atoms in total. The third-order valence-corrected chi connectivity index (χ3v) is 10.4. The number of aliphatic hydroxyl groups is 1. The molecule has 2 fully saturated rings. The van der Waals surface area contributed by atoms with Gasteiger partial charge in [-0.3, -0.25) is 0 Å². The van der Waals surface area contributed by atoms with E-state index in [9.17, 15) is 26.7 Å². The Morgan fingerprint density at radius 2 is 1.92 bits per heavy atom. The summed E-state index contributed by atoms with van der Waals surface area (Å²) < 4.78 is 64.8. The van der Waals surface area contributed by atoms with Gasteiger partial charge in [-0.05, 0) is 79.0 Å². The number of hydrogen-bond acceptors (Lipinski definition) is 4. The molecule has 2 aromatic rings. The summed E-state index contributed by atoms with van der Waals surface area (Å²) in [5, 5.41) is 12.1. The maximum Gasteiger partial charge on any atom is 0.534 e. The van der Waals surface area contributed by atoms with Crippen LogP contribution in [0.4, 0.5) is 18.9 Å². The molecule has 0 bridgehead atoms. The Hall–Kier alpha value is -2.83. The molecule has 202 valence electrons. The molecule has 2 saturated carbocycles. The van der Waals surface area contributed by atoms with Crippen LogP contribution in [0, 0.1) is 29.7 Å². The van der Waals surface area contributed by atoms with Crippen LogP contribution < -0.4 is 4.18 Å². The van der Waals surface area contributed by atoms with E-state index in [-0.39, 0.29) is 5.92 Å². The minimum absolute atomic E-state index is 0.159. The summed E-state index contributed by atoms with van der Waals surface area (Å²) in [5.41, 5.74) is -3.05. The first-order chi connectivity index (χ1) is 17.8. The van der Waals surface area contributed by atoms with Crippen molar-refractivity contribution in [3.8, 4) is 5.75 Å². The minimum Gasteiger partial charge on any atom is -0.389 e. The van der Waals surface area contributed by atoms with Crippen LogP contribution in [0.1, 0.15) is 55.2 Å². The number of alkyl halides is 3. The maximum atomic E-state index is 12.6. The van der Waals surface area contributed by atoms with Gasteiger partial charge in [-0.1, -0.05) is 48.9 Å². The number of aryl methyl sites for hydroxylation is 1. The van der Waals surface area contributed by atoms with Gasteiger partial charge in [0.2, 0.25) is 0 Å². The summed E-state index contributed by atoms with van der Waals surface area (Å²) in [4.78, 5) is 3.59. The van der Waals surface area contributed by atoms with E-state index in [1.165, 1.54) is 35.4 Å². The average Bonchev–Trinajstić information content (AvgIpc) is 3.13. The van der Waals surface area contributed by atoms with Gasteiger partial charge in [0.05, 0.1) is 12.2 Å². The molecule has 0 aliphatic heterocycles. The van der Waals surface area contributed by atoms with E-state index in [1.807, 2.05) is 18.2 Å². The van der Waals surface area contributed by atoms with Crippen molar-refractivity contribution < 1.29 is 30.9 Å². The van der Waals surface area contributed by atoms with Crippen LogP contribution in [0.25, 0.3) is 4.85 Å². The van der Waals surface area contributed by atoms with E-state index in [4.69, 9.17) is 6.57 Å². The number of allylic oxidation sites excluding steroid dienone is 1. The zero-order valence-corrected chi connectivity index (χ0v) is 21.9. The summed E-state index contributed by atoms with van der Waals surface area (Å²) in [6.07, 6.45) is 6.43. The first-order valence-corrected chi connectivity index (χ1v) is 14.2. The average molecular weight is 546 g/mol. The highest BCUT2D eigenvalue weighted by Gasteiger charge is 2.63. The Kier molecular flexibility index (Phi) is 6.43. The van der Waals surface area contributed by atoms with Crippen molar-refractivity contribution in [3.63, 3.8) is 0 Å². The molecule has 3 unspecified atom stereocenters. The van der Waals surface area contributed by atoms with Crippen LogP contribution in [-0.2, 0) is 23.0 Å². The van der Waals surface area contributed by atoms with E-state index >= 15 is 0 Å². The third-order valence-electron chi connectivity index (χ3n) is 9.42. The van der Waals surface area contributed by atoms with Crippen molar-refractivity contribution in [2.75, 3.05) is 0 Å². The second kappa shape index (κ2) is 9.13. The summed E-state index contributed by atoms with van der Waals surface area (Å²) in [5.74, 6) is 0.695. The molecule has 3 aliphatic rings. The zero-order valence-electron chi connectivity index (χ0n) is 21.0. The van der Waals surface area contributed by atoms with Crippen molar-refractivity contribution in [3.05, 3.63) is 83.2 Å². The highest BCUT2D eigenvalue weighted by atomic mass is 32.2. The van der Waals surface area contributed by atoms with Crippen LogP contribution in [0.3, 0.4) is 0 Å². The van der Waals surface area contributed by atoms with Gasteiger partial charge < -0.3 is 9.29 Å². The fourth-order valence-electron chi connectivity index (χ4n) is 7.62. The van der Waals surface area contributed by atoms with Gasteiger partial charge in [0.15, 0.2) is 5.69 Å². The van der Waals surface area contributed by atoms with Crippen LogP contribution in [0.15, 0.2) is 55.1 Å². The first kappa shape index (κ1) is 26.8. The zero-order chi connectivity index (χ0) is 27.5. The first-order valence-electron chi connectivity index (χ1n) is 12.8. The van der Waals surface area contributed by atoms with E-state index in [2.05, 4.69) is 28.6 Å². The molecular weight excluding hydrogens is 515 g/mol. The van der Waals surface area contributed by atoms with Gasteiger partial charge in [0, 0.05) is 11.8 Å². The lowest BCUT2D eigenvalue weighted by Crippen LogP contribution is -2.54. The maximum absolute atomic E-state index is 12.6. The predicted octanol–water partition coefficient (Wildman–Crippen LogP) is 6.71. The molecule has 0 heterocycles. The minimum atomic E-state index is -5.74. The molecule has 9 heteroatoms. The number of nitrogens with zero attached hydrogens (tertiary/aromatic N) is 1. The fourth-order valence-corrected chi connectivity index (χ4v) is 8.08. The summed E-state index contributed by atoms with van der Waals surface area (Å²) in [6, 6.07) is 11.4. The Labute approximate surface area is 221 Å². The summed E-state index contributed by atoms with van der Waals surface area (Å²) in [7, 11) is -5.74. The van der Waals surface area contributed by atoms with Gasteiger partial charge in [0.25, 0.3) is 0 Å². The molecule has 0 amide bonds. The van der Waals surface area contributed by atoms with Crippen molar-refractivity contribution in [2.24, 2.45) is 23.2 Å². The van der Waals surface area contributed by atoms with Crippen LogP contribution >= 0.6 is 0 Å². The Balaban J connectivity index is 1.39. The SMILES string of the molecule is [C-]#[N+]c1ccc2c(c1)CCC1C2[C@@H](C=C)C[C@@]2(C)C1CC[C@@]2(O)Cc1ccc(OS(=O)(=O)C(F)(F)F)cc1. The van der Waals surface area contributed by atoms with Crippen LogP contribution in [-0.4, -0.2) is 24.6 Å². The number of hydrogen-bond donors (Lipinski definition) is 1. The van der Waals surface area contributed by atoms with Gasteiger partial charge in [0.1, 0.15) is 5.75 Å². The van der Waals surface area contributed by atoms with Crippen molar-refractivity contribution in [2.45, 2.75) is 62.5 Å². The molecule has 6 atom stereocenters. The van der Waals surface area contributed by atoms with E-state index in [0.29, 0.717) is 41.8 Å². The quantitative estimate of drug-likeness (QED) is 0.196. The molecular formula is C29H30F3NO4S. The topological polar surface area (TPSA) is 68.0 Å². The molecule has 0 saturated heterocycles. The fraction of sp³-hybridized carbons (Fsp3) is 0.483. The number of benzene rings is 2. The van der Waals surface area contributed by atoms with Gasteiger partial charge >= 0.3 is 15.6 Å². The number of rotatable bonds is 5. The normalized spacial score (nSPS) is 32.4. The highest BCUT2D eigenvalue weighted by molar-refractivity contribution is 7.88. The summed E-state index contributed by atoms with van der Waals surface area (Å²) in [6.45, 7) is 13.7. The molecule has 5 rings (SSSR count). The number of halogens is 3. The lowest BCUT2D eigenvalue weighted by molar-refractivity contribution is -0.111. The van der Waals surface area contributed by atoms with Crippen molar-refractivity contribution in [1.29, 1.82) is 0 Å². The van der Waals surface area contributed by atoms with Gasteiger partial charge in [-0.25, -0.2) is 4.85 Å². The van der Waals surface area contributed by atoms with Crippen molar-refractivity contribution >= 4 is 15.8 Å². The van der Waals surface area contributed by atoms with Gasteiger partial charge in [-0.15, -0.1) is 6.58 Å². The van der Waals surface area contributed by atoms with E-state index in [0.717, 1.165) is 25.7 Å². The molecule has 2 aromatic carbocycles. The van der Waals surface area contributed by atoms with Crippen LogP contribution in [0.2, 0.25) is 0 Å². The van der Waals surface area contributed by atoms with E-state index in [1.54, 1.807) is 0 Å². The molecule has 38 heavy (non-hydrogen) atoms. The second-order valence-corrected chi connectivity index (χ2v) is 12.8. The number of fused-ring (bicyclic) bond motifs is 5. The monoisotopic (exact) mass is 545 g/mol. The second-order valence-electron chi connectivity index (χ2n) is 11.2. The smallest absolute Gasteiger partial charge is 0.389 e. The predicted molar refractivity (Wildman–Crippen MR) is 137 cm³/mol. The lowest BCUT2D eigenvalue weighted by Gasteiger charge is -2.56. The largest absolute Gasteiger partial charge is 0.534 e. The molecule has 1 N–H and O–H groups in total. The van der Waals surface area contributed by atoms with Gasteiger partial charge in [-0.2, -0.15) is 21.6 Å². The Morgan fingerprint density at radius 3 is 2.55 bits per heavy atom. The molecule has 0 aromatic heterocycles. The molecule has 0 radical (unpaired) electrons. The summed E-state index contributed by atoms with van der Waals surface area (Å²) >= 11 is 0. The lowest BCUT2D eigenvalue weighted by atomic mass is 9.49.